The monoisotopic (exact) mass is 547 g/mol. The standard InChI is InChI=1S/C27H31ClFN3O6/c1-7-36-21-13-16(11-12-20(21)35-6)25-32-22(23(37-25)15(2)31-26(34)38-27(3,4)5)24(33)30-14-17-18(28)9-8-10-19(17)29/h8-13,15H,7,14H2,1-6H3,(H,30,33)(H,31,34). The van der Waals surface area contributed by atoms with Gasteiger partial charge in [0.25, 0.3) is 5.91 Å². The van der Waals surface area contributed by atoms with Crippen LogP contribution in [-0.4, -0.2) is 36.3 Å². The fourth-order valence-corrected chi connectivity index (χ4v) is 3.72. The first-order valence-electron chi connectivity index (χ1n) is 12.0. The van der Waals surface area contributed by atoms with Crippen molar-refractivity contribution < 1.29 is 32.6 Å². The van der Waals surface area contributed by atoms with Gasteiger partial charge in [-0.3, -0.25) is 4.79 Å². The fourth-order valence-electron chi connectivity index (χ4n) is 3.49. The molecule has 9 nitrogen and oxygen atoms in total. The van der Waals surface area contributed by atoms with Gasteiger partial charge in [-0.1, -0.05) is 17.7 Å². The summed E-state index contributed by atoms with van der Waals surface area (Å²) in [6.07, 6.45) is -0.699. The number of nitrogens with one attached hydrogen (secondary N) is 2. The van der Waals surface area contributed by atoms with Crippen LogP contribution in [-0.2, 0) is 11.3 Å². The molecule has 0 saturated heterocycles. The Hall–Kier alpha value is -3.79. The highest BCUT2D eigenvalue weighted by Crippen LogP contribution is 2.34. The molecule has 0 aliphatic carbocycles. The second-order valence-electron chi connectivity index (χ2n) is 9.28. The average Bonchev–Trinajstić information content (AvgIpc) is 3.28. The van der Waals surface area contributed by atoms with E-state index in [4.69, 9.17) is 30.2 Å². The zero-order valence-electron chi connectivity index (χ0n) is 22.1. The Bertz CT molecular complexity index is 1280. The molecular formula is C27H31ClFN3O6. The number of hydrogen-bond donors (Lipinski definition) is 2. The molecule has 0 spiro atoms. The van der Waals surface area contributed by atoms with E-state index in [1.165, 1.54) is 25.3 Å². The van der Waals surface area contributed by atoms with Crippen molar-refractivity contribution in [3.05, 3.63) is 64.3 Å². The number of carbonyl (C=O) groups excluding carboxylic acids is 2. The fraction of sp³-hybridized carbons (Fsp3) is 0.370. The third-order valence-electron chi connectivity index (χ3n) is 5.19. The van der Waals surface area contributed by atoms with Gasteiger partial charge in [-0.15, -0.1) is 0 Å². The Morgan fingerprint density at radius 1 is 1.18 bits per heavy atom. The van der Waals surface area contributed by atoms with Crippen molar-refractivity contribution in [3.8, 4) is 23.0 Å². The van der Waals surface area contributed by atoms with Crippen LogP contribution in [0.3, 0.4) is 0 Å². The lowest BCUT2D eigenvalue weighted by atomic mass is 10.1. The molecule has 1 heterocycles. The summed E-state index contributed by atoms with van der Waals surface area (Å²) < 4.78 is 36.5. The number of halogens is 2. The molecule has 1 unspecified atom stereocenters. The summed E-state index contributed by atoms with van der Waals surface area (Å²) >= 11 is 6.09. The van der Waals surface area contributed by atoms with Crippen molar-refractivity contribution in [2.24, 2.45) is 0 Å². The van der Waals surface area contributed by atoms with Gasteiger partial charge in [-0.25, -0.2) is 14.2 Å². The van der Waals surface area contributed by atoms with E-state index in [1.54, 1.807) is 45.9 Å². The van der Waals surface area contributed by atoms with Crippen molar-refractivity contribution in [2.75, 3.05) is 13.7 Å². The van der Waals surface area contributed by atoms with Gasteiger partial charge in [0.1, 0.15) is 11.4 Å². The lowest BCUT2D eigenvalue weighted by Crippen LogP contribution is -2.34. The maximum Gasteiger partial charge on any atom is 0.408 e. The van der Waals surface area contributed by atoms with Gasteiger partial charge in [-0.2, -0.15) is 0 Å². The second-order valence-corrected chi connectivity index (χ2v) is 9.69. The first-order valence-corrected chi connectivity index (χ1v) is 12.3. The van der Waals surface area contributed by atoms with Crippen LogP contribution in [0.2, 0.25) is 5.02 Å². The number of carbonyl (C=O) groups is 2. The number of nitrogens with zero attached hydrogens (tertiary/aromatic N) is 1. The molecule has 1 atom stereocenters. The van der Waals surface area contributed by atoms with Gasteiger partial charge in [0.2, 0.25) is 5.89 Å². The summed E-state index contributed by atoms with van der Waals surface area (Å²) in [7, 11) is 1.52. The smallest absolute Gasteiger partial charge is 0.408 e. The molecule has 1 aromatic heterocycles. The maximum atomic E-state index is 14.2. The summed E-state index contributed by atoms with van der Waals surface area (Å²) in [6, 6.07) is 8.51. The van der Waals surface area contributed by atoms with E-state index >= 15 is 0 Å². The van der Waals surface area contributed by atoms with Gasteiger partial charge in [0, 0.05) is 22.7 Å². The Morgan fingerprint density at radius 2 is 1.92 bits per heavy atom. The first kappa shape index (κ1) is 28.8. The van der Waals surface area contributed by atoms with E-state index in [9.17, 15) is 14.0 Å². The number of methoxy groups -OCH3 is 1. The van der Waals surface area contributed by atoms with Crippen LogP contribution >= 0.6 is 11.6 Å². The third-order valence-corrected chi connectivity index (χ3v) is 5.55. The second kappa shape index (κ2) is 12.2. The van der Waals surface area contributed by atoms with E-state index in [0.717, 1.165) is 0 Å². The molecule has 3 rings (SSSR count). The van der Waals surface area contributed by atoms with Crippen LogP contribution in [0, 0.1) is 5.82 Å². The minimum atomic E-state index is -0.798. The number of rotatable bonds is 9. The van der Waals surface area contributed by atoms with Crippen molar-refractivity contribution in [2.45, 2.75) is 52.8 Å². The number of ether oxygens (including phenoxy) is 3. The molecule has 2 N–H and O–H groups in total. The van der Waals surface area contributed by atoms with Crippen LogP contribution in [0.1, 0.15) is 62.5 Å². The molecule has 11 heteroatoms. The number of aromatic nitrogens is 1. The lowest BCUT2D eigenvalue weighted by Gasteiger charge is -2.21. The molecule has 2 amide bonds. The van der Waals surface area contributed by atoms with Gasteiger partial charge < -0.3 is 29.3 Å². The van der Waals surface area contributed by atoms with Crippen LogP contribution in [0.25, 0.3) is 11.5 Å². The lowest BCUT2D eigenvalue weighted by molar-refractivity contribution is 0.0501. The molecule has 0 bridgehead atoms. The van der Waals surface area contributed by atoms with Crippen LogP contribution in [0.4, 0.5) is 9.18 Å². The topological polar surface area (TPSA) is 112 Å². The highest BCUT2D eigenvalue weighted by Gasteiger charge is 2.28. The van der Waals surface area contributed by atoms with Crippen LogP contribution < -0.4 is 20.1 Å². The van der Waals surface area contributed by atoms with E-state index in [0.29, 0.717) is 23.7 Å². The van der Waals surface area contributed by atoms with Gasteiger partial charge >= 0.3 is 6.09 Å². The van der Waals surface area contributed by atoms with Gasteiger partial charge in [-0.05, 0) is 65.0 Å². The van der Waals surface area contributed by atoms with Crippen molar-refractivity contribution in [1.82, 2.24) is 15.6 Å². The molecule has 38 heavy (non-hydrogen) atoms. The van der Waals surface area contributed by atoms with Gasteiger partial charge in [0.05, 0.1) is 19.8 Å². The van der Waals surface area contributed by atoms with Gasteiger partial charge in [0.15, 0.2) is 23.0 Å². The Balaban J connectivity index is 1.96. The van der Waals surface area contributed by atoms with Crippen molar-refractivity contribution >= 4 is 23.6 Å². The molecule has 0 radical (unpaired) electrons. The SMILES string of the molecule is CCOc1cc(-c2nc(C(=O)NCc3c(F)cccc3Cl)c(C(C)NC(=O)OC(C)(C)C)o2)ccc1OC. The number of alkyl carbamates (subject to hydrolysis) is 1. The molecule has 3 aromatic rings. The summed E-state index contributed by atoms with van der Waals surface area (Å²) in [6.45, 7) is 8.88. The minimum Gasteiger partial charge on any atom is -0.493 e. The zero-order chi connectivity index (χ0) is 28.0. The molecule has 0 aliphatic rings. The number of amides is 2. The Morgan fingerprint density at radius 3 is 2.55 bits per heavy atom. The van der Waals surface area contributed by atoms with E-state index in [2.05, 4.69) is 15.6 Å². The molecule has 0 saturated carbocycles. The van der Waals surface area contributed by atoms with E-state index in [1.807, 2.05) is 6.92 Å². The van der Waals surface area contributed by atoms with Crippen molar-refractivity contribution in [1.29, 1.82) is 0 Å². The van der Waals surface area contributed by atoms with E-state index < -0.39 is 29.5 Å². The molecule has 0 fully saturated rings. The highest BCUT2D eigenvalue weighted by molar-refractivity contribution is 6.31. The molecule has 2 aromatic carbocycles. The van der Waals surface area contributed by atoms with E-state index in [-0.39, 0.29) is 34.5 Å². The summed E-state index contributed by atoms with van der Waals surface area (Å²) in [4.78, 5) is 30.0. The maximum absolute atomic E-state index is 14.2. The van der Waals surface area contributed by atoms with Crippen LogP contribution in [0.5, 0.6) is 11.5 Å². The summed E-state index contributed by atoms with van der Waals surface area (Å²) in [5.41, 5.74) is -0.181. The zero-order valence-corrected chi connectivity index (χ0v) is 22.9. The first-order chi connectivity index (χ1) is 17.9. The Labute approximate surface area is 225 Å². The Kier molecular flexibility index (Phi) is 9.22. The normalized spacial score (nSPS) is 12.0. The average molecular weight is 548 g/mol. The van der Waals surface area contributed by atoms with Crippen molar-refractivity contribution in [3.63, 3.8) is 0 Å². The predicted molar refractivity (Wildman–Crippen MR) is 140 cm³/mol. The molecule has 204 valence electrons. The summed E-state index contributed by atoms with van der Waals surface area (Å²) in [5.74, 6) is -0.0343. The largest absolute Gasteiger partial charge is 0.493 e. The quantitative estimate of drug-likeness (QED) is 0.335. The van der Waals surface area contributed by atoms with Crippen LogP contribution in [0.15, 0.2) is 40.8 Å². The predicted octanol–water partition coefficient (Wildman–Crippen LogP) is 6.06. The molecular weight excluding hydrogens is 517 g/mol. The highest BCUT2D eigenvalue weighted by atomic mass is 35.5. The number of hydrogen-bond acceptors (Lipinski definition) is 7. The number of oxazole rings is 1. The third kappa shape index (κ3) is 7.16. The minimum absolute atomic E-state index is 0.0803. The molecule has 0 aliphatic heterocycles. The summed E-state index contributed by atoms with van der Waals surface area (Å²) in [5, 5.41) is 5.45. The number of benzene rings is 2.